The zero-order chi connectivity index (χ0) is 29.2. The van der Waals surface area contributed by atoms with Crippen molar-refractivity contribution in [2.24, 2.45) is 0 Å². The fourth-order valence-electron chi connectivity index (χ4n) is 4.29. The lowest BCUT2D eigenvalue weighted by atomic mass is 10.0. The molecule has 41 heavy (non-hydrogen) atoms. The summed E-state index contributed by atoms with van der Waals surface area (Å²) in [6, 6.07) is 25.2. The highest BCUT2D eigenvalue weighted by Gasteiger charge is 2.27. The van der Waals surface area contributed by atoms with Crippen LogP contribution in [0.1, 0.15) is 43.5 Å². The van der Waals surface area contributed by atoms with Crippen LogP contribution in [0.15, 0.2) is 102 Å². The number of pyridine rings is 2. The summed E-state index contributed by atoms with van der Waals surface area (Å²) in [7, 11) is -3.97. The number of allylic oxidation sites excluding steroid dienone is 1. The van der Waals surface area contributed by atoms with E-state index < -0.39 is 22.0 Å². The van der Waals surface area contributed by atoms with Crippen molar-refractivity contribution in [3.63, 3.8) is 0 Å². The fourth-order valence-corrected chi connectivity index (χ4v) is 5.62. The van der Waals surface area contributed by atoms with Crippen LogP contribution in [0, 0.1) is 0 Å². The van der Waals surface area contributed by atoms with E-state index in [1.165, 1.54) is 16.6 Å². The third-order valence-corrected chi connectivity index (χ3v) is 8.20. The van der Waals surface area contributed by atoms with Crippen molar-refractivity contribution in [2.45, 2.75) is 50.8 Å². The smallest absolute Gasteiger partial charge is 0.326 e. The van der Waals surface area contributed by atoms with Crippen molar-refractivity contribution in [3.8, 4) is 11.1 Å². The average molecular weight is 571 g/mol. The molecule has 0 aliphatic rings. The highest BCUT2D eigenvalue weighted by molar-refractivity contribution is 7.89. The Hall–Kier alpha value is -4.34. The molecule has 0 bridgehead atoms. The van der Waals surface area contributed by atoms with E-state index in [9.17, 15) is 18.3 Å². The summed E-state index contributed by atoms with van der Waals surface area (Å²) >= 11 is 0. The number of aliphatic carboxylic acids is 1. The van der Waals surface area contributed by atoms with Gasteiger partial charge in [0, 0.05) is 12.7 Å². The Kier molecular flexibility index (Phi) is 10.00. The SMILES string of the molecule is CCC=Cc1cccc(-c2ccc(CN(Cc3cccc(NC(CC)C(=O)O)n3)S(=O)(=O)c3ccccn3)cc2)c1. The molecule has 2 aromatic carbocycles. The van der Waals surface area contributed by atoms with Crippen LogP contribution in [-0.2, 0) is 27.9 Å². The van der Waals surface area contributed by atoms with Crippen molar-refractivity contribution >= 4 is 27.9 Å². The van der Waals surface area contributed by atoms with E-state index in [-0.39, 0.29) is 18.1 Å². The minimum Gasteiger partial charge on any atom is -0.480 e. The summed E-state index contributed by atoms with van der Waals surface area (Å²) in [6.07, 6.45) is 7.00. The van der Waals surface area contributed by atoms with Gasteiger partial charge in [-0.15, -0.1) is 0 Å². The van der Waals surface area contributed by atoms with Gasteiger partial charge in [0.25, 0.3) is 10.0 Å². The first-order chi connectivity index (χ1) is 19.8. The van der Waals surface area contributed by atoms with E-state index in [4.69, 9.17) is 0 Å². The lowest BCUT2D eigenvalue weighted by molar-refractivity contribution is -0.137. The first-order valence-corrected chi connectivity index (χ1v) is 15.0. The van der Waals surface area contributed by atoms with Gasteiger partial charge in [-0.3, -0.25) is 0 Å². The fraction of sp³-hybridized carbons (Fsp3) is 0.219. The average Bonchev–Trinajstić information content (AvgIpc) is 2.99. The second-order valence-electron chi connectivity index (χ2n) is 9.53. The Morgan fingerprint density at radius 1 is 0.951 bits per heavy atom. The van der Waals surface area contributed by atoms with Crippen LogP contribution in [0.4, 0.5) is 5.82 Å². The maximum absolute atomic E-state index is 13.7. The van der Waals surface area contributed by atoms with Crippen LogP contribution in [0.25, 0.3) is 17.2 Å². The third-order valence-electron chi connectivity index (χ3n) is 6.49. The quantitative estimate of drug-likeness (QED) is 0.196. The zero-order valence-corrected chi connectivity index (χ0v) is 24.0. The van der Waals surface area contributed by atoms with Gasteiger partial charge in [-0.05, 0) is 65.4 Å². The monoisotopic (exact) mass is 570 g/mol. The second-order valence-corrected chi connectivity index (χ2v) is 11.4. The van der Waals surface area contributed by atoms with Crippen molar-refractivity contribution in [3.05, 3.63) is 114 Å². The highest BCUT2D eigenvalue weighted by atomic mass is 32.2. The Morgan fingerprint density at radius 2 is 1.73 bits per heavy atom. The molecule has 0 saturated heterocycles. The summed E-state index contributed by atoms with van der Waals surface area (Å²) in [5, 5.41) is 12.2. The molecular formula is C32H34N4O4S. The first-order valence-electron chi connectivity index (χ1n) is 13.5. The Balaban J connectivity index is 1.61. The number of aromatic nitrogens is 2. The van der Waals surface area contributed by atoms with Gasteiger partial charge in [0.15, 0.2) is 5.03 Å². The molecule has 212 valence electrons. The van der Waals surface area contributed by atoms with E-state index in [0.717, 1.165) is 28.7 Å². The molecule has 1 atom stereocenters. The first kappa shape index (κ1) is 29.6. The number of carbonyl (C=O) groups is 1. The van der Waals surface area contributed by atoms with Gasteiger partial charge in [0.2, 0.25) is 0 Å². The number of carboxylic acid groups (broad SMARTS) is 1. The summed E-state index contributed by atoms with van der Waals surface area (Å²) in [5.74, 6) is -0.612. The van der Waals surface area contributed by atoms with Crippen molar-refractivity contribution in [1.82, 2.24) is 14.3 Å². The molecule has 2 aromatic heterocycles. The molecule has 0 aliphatic carbocycles. The number of sulfonamides is 1. The van der Waals surface area contributed by atoms with E-state index >= 15 is 0 Å². The summed E-state index contributed by atoms with van der Waals surface area (Å²) in [5.41, 5.74) is 4.51. The number of nitrogens with one attached hydrogen (secondary N) is 1. The normalized spacial score (nSPS) is 12.5. The van der Waals surface area contributed by atoms with E-state index in [1.54, 1.807) is 37.3 Å². The Morgan fingerprint density at radius 3 is 2.41 bits per heavy atom. The molecule has 2 heterocycles. The maximum atomic E-state index is 13.7. The molecule has 0 saturated carbocycles. The number of rotatable bonds is 13. The number of nitrogens with zero attached hydrogens (tertiary/aromatic N) is 3. The molecular weight excluding hydrogens is 536 g/mol. The standard InChI is InChI=1S/C32H34N4O4S/c1-3-5-10-24-11-8-12-27(21-24)26-18-16-25(17-19-26)22-36(41(39,40)31-15-6-7-20-33-31)23-28-13-9-14-30(34-28)35-29(4-2)32(37)38/h5-21,29H,3-4,22-23H2,1-2H3,(H,34,35)(H,37,38). The maximum Gasteiger partial charge on any atom is 0.326 e. The molecule has 0 radical (unpaired) electrons. The van der Waals surface area contributed by atoms with Crippen molar-refractivity contribution < 1.29 is 18.3 Å². The van der Waals surface area contributed by atoms with Crippen LogP contribution >= 0.6 is 0 Å². The summed E-state index contributed by atoms with van der Waals surface area (Å²) in [4.78, 5) is 20.1. The van der Waals surface area contributed by atoms with Crippen LogP contribution < -0.4 is 5.32 Å². The lowest BCUT2D eigenvalue weighted by Crippen LogP contribution is -2.31. The van der Waals surface area contributed by atoms with Crippen LogP contribution in [0.3, 0.4) is 0 Å². The molecule has 0 spiro atoms. The second kappa shape index (κ2) is 13.8. The topological polar surface area (TPSA) is 112 Å². The molecule has 1 unspecified atom stereocenters. The Labute approximate surface area is 241 Å². The van der Waals surface area contributed by atoms with Gasteiger partial charge in [0.05, 0.1) is 12.2 Å². The minimum atomic E-state index is -3.97. The highest BCUT2D eigenvalue weighted by Crippen LogP contribution is 2.24. The molecule has 4 rings (SSSR count). The van der Waals surface area contributed by atoms with Gasteiger partial charge in [-0.25, -0.2) is 23.2 Å². The molecule has 2 N–H and O–H groups in total. The van der Waals surface area contributed by atoms with Crippen molar-refractivity contribution in [2.75, 3.05) is 5.32 Å². The minimum absolute atomic E-state index is 0.0220. The van der Waals surface area contributed by atoms with Crippen LogP contribution in [0.5, 0.6) is 0 Å². The number of hydrogen-bond acceptors (Lipinski definition) is 6. The number of hydrogen-bond donors (Lipinski definition) is 2. The molecule has 9 heteroatoms. The summed E-state index contributed by atoms with van der Waals surface area (Å²) < 4.78 is 28.7. The van der Waals surface area contributed by atoms with E-state index in [1.807, 2.05) is 30.3 Å². The van der Waals surface area contributed by atoms with Gasteiger partial charge in [-0.2, -0.15) is 4.31 Å². The molecule has 0 fully saturated rings. The van der Waals surface area contributed by atoms with Crippen molar-refractivity contribution in [1.29, 1.82) is 0 Å². The van der Waals surface area contributed by atoms with E-state index in [2.05, 4.69) is 52.6 Å². The number of benzene rings is 2. The molecule has 0 aliphatic heterocycles. The molecule has 4 aromatic rings. The van der Waals surface area contributed by atoms with Gasteiger partial charge < -0.3 is 10.4 Å². The predicted molar refractivity (Wildman–Crippen MR) is 161 cm³/mol. The van der Waals surface area contributed by atoms with Crippen LogP contribution in [-0.4, -0.2) is 39.8 Å². The predicted octanol–water partition coefficient (Wildman–Crippen LogP) is 6.23. The molecule has 0 amide bonds. The third kappa shape index (κ3) is 7.87. The largest absolute Gasteiger partial charge is 0.480 e. The molecule has 8 nitrogen and oxygen atoms in total. The van der Waals surface area contributed by atoms with Crippen LogP contribution in [0.2, 0.25) is 0 Å². The van der Waals surface area contributed by atoms with Gasteiger partial charge in [0.1, 0.15) is 11.9 Å². The lowest BCUT2D eigenvalue weighted by Gasteiger charge is -2.22. The van der Waals surface area contributed by atoms with Gasteiger partial charge >= 0.3 is 5.97 Å². The zero-order valence-electron chi connectivity index (χ0n) is 23.1. The van der Waals surface area contributed by atoms with Gasteiger partial charge in [-0.1, -0.05) is 80.6 Å². The number of anilines is 1. The number of carboxylic acids is 1. The Bertz CT molecular complexity index is 1590. The van der Waals surface area contributed by atoms with E-state index in [0.29, 0.717) is 17.9 Å². The summed E-state index contributed by atoms with van der Waals surface area (Å²) in [6.45, 7) is 3.94.